The van der Waals surface area contributed by atoms with Crippen molar-refractivity contribution in [3.63, 3.8) is 0 Å². The summed E-state index contributed by atoms with van der Waals surface area (Å²) in [7, 11) is -2.26. The number of hydrogen-bond donors (Lipinski definition) is 0. The highest BCUT2D eigenvalue weighted by Gasteiger charge is 2.27. The van der Waals surface area contributed by atoms with Gasteiger partial charge in [-0.1, -0.05) is 36.6 Å². The molecule has 0 N–H and O–H groups in total. The summed E-state index contributed by atoms with van der Waals surface area (Å²) in [6.07, 6.45) is 3.72. The molecule has 0 atom stereocenters. The van der Waals surface area contributed by atoms with Crippen LogP contribution in [0.4, 0.5) is 0 Å². The molecule has 29 heavy (non-hydrogen) atoms. The smallest absolute Gasteiger partial charge is 0.342 e. The van der Waals surface area contributed by atoms with Crippen LogP contribution in [0.5, 0.6) is 5.75 Å². The number of hydrogen-bond acceptors (Lipinski definition) is 5. The van der Waals surface area contributed by atoms with Crippen LogP contribution in [-0.4, -0.2) is 38.9 Å². The fourth-order valence-electron chi connectivity index (χ4n) is 3.29. The Bertz CT molecular complexity index is 969. The largest absolute Gasteiger partial charge is 0.496 e. The van der Waals surface area contributed by atoms with Gasteiger partial charge in [0, 0.05) is 18.1 Å². The van der Waals surface area contributed by atoms with E-state index < -0.39 is 16.0 Å². The van der Waals surface area contributed by atoms with E-state index in [0.29, 0.717) is 18.1 Å². The van der Waals surface area contributed by atoms with E-state index in [1.54, 1.807) is 24.3 Å². The molecule has 0 bridgehead atoms. The topological polar surface area (TPSA) is 72.9 Å². The van der Waals surface area contributed by atoms with Gasteiger partial charge in [-0.15, -0.1) is 0 Å². The van der Waals surface area contributed by atoms with Crippen LogP contribution in [0.25, 0.3) is 0 Å². The average molecular weight is 438 g/mol. The minimum atomic E-state index is -3.69. The summed E-state index contributed by atoms with van der Waals surface area (Å²) >= 11 is 5.95. The molecule has 2 aromatic rings. The lowest BCUT2D eigenvalue weighted by atomic mass is 10.2. The third kappa shape index (κ3) is 5.29. The Balaban J connectivity index is 1.83. The zero-order valence-corrected chi connectivity index (χ0v) is 17.8. The molecule has 0 amide bonds. The molecule has 1 saturated heterocycles. The normalized spacial score (nSPS) is 15.5. The van der Waals surface area contributed by atoms with E-state index in [9.17, 15) is 13.2 Å². The molecule has 0 aliphatic carbocycles. The van der Waals surface area contributed by atoms with Crippen LogP contribution < -0.4 is 4.74 Å². The third-order valence-corrected chi connectivity index (χ3v) is 6.98. The van der Waals surface area contributed by atoms with Gasteiger partial charge in [0.05, 0.1) is 12.0 Å². The van der Waals surface area contributed by atoms with Gasteiger partial charge in [-0.3, -0.25) is 0 Å². The maximum Gasteiger partial charge on any atom is 0.342 e. The number of nitrogens with zero attached hydrogens (tertiary/aromatic N) is 1. The van der Waals surface area contributed by atoms with Crippen LogP contribution >= 0.6 is 11.6 Å². The van der Waals surface area contributed by atoms with Crippen molar-refractivity contribution in [2.75, 3.05) is 20.2 Å². The van der Waals surface area contributed by atoms with Gasteiger partial charge in [-0.05, 0) is 48.7 Å². The van der Waals surface area contributed by atoms with Crippen molar-refractivity contribution in [2.24, 2.45) is 0 Å². The van der Waals surface area contributed by atoms with Crippen LogP contribution in [0.3, 0.4) is 0 Å². The molecule has 0 radical (unpaired) electrons. The van der Waals surface area contributed by atoms with Gasteiger partial charge in [-0.2, -0.15) is 4.31 Å². The highest BCUT2D eigenvalue weighted by molar-refractivity contribution is 7.89. The molecular weight excluding hydrogens is 414 g/mol. The summed E-state index contributed by atoms with van der Waals surface area (Å²) in [5.74, 6) is -0.398. The summed E-state index contributed by atoms with van der Waals surface area (Å²) in [5.41, 5.74) is 0.809. The van der Waals surface area contributed by atoms with Gasteiger partial charge in [0.25, 0.3) is 0 Å². The Hall–Kier alpha value is -2.09. The number of benzene rings is 2. The second-order valence-corrected chi connectivity index (χ2v) is 9.26. The molecule has 6 nitrogen and oxygen atoms in total. The lowest BCUT2D eigenvalue weighted by Gasteiger charge is -2.20. The second-order valence-electron chi connectivity index (χ2n) is 6.89. The van der Waals surface area contributed by atoms with E-state index in [2.05, 4.69) is 0 Å². The molecule has 1 aliphatic rings. The number of rotatable bonds is 6. The third-order valence-electron chi connectivity index (χ3n) is 4.85. The van der Waals surface area contributed by atoms with E-state index in [1.807, 2.05) is 0 Å². The highest BCUT2D eigenvalue weighted by Crippen LogP contribution is 2.27. The minimum absolute atomic E-state index is 0.0195. The van der Waals surface area contributed by atoms with Gasteiger partial charge in [0.15, 0.2) is 0 Å². The molecule has 1 fully saturated rings. The van der Waals surface area contributed by atoms with Crippen molar-refractivity contribution >= 4 is 27.6 Å². The van der Waals surface area contributed by atoms with Gasteiger partial charge in [0.1, 0.15) is 17.9 Å². The number of sulfonamides is 1. The molecule has 3 rings (SSSR count). The Morgan fingerprint density at radius 3 is 2.45 bits per heavy atom. The number of methoxy groups -OCH3 is 1. The number of carbonyl (C=O) groups excluding carboxylic acids is 1. The van der Waals surface area contributed by atoms with E-state index in [4.69, 9.17) is 21.1 Å². The summed E-state index contributed by atoms with van der Waals surface area (Å²) in [4.78, 5) is 12.7. The van der Waals surface area contributed by atoms with Crippen molar-refractivity contribution in [3.8, 4) is 5.75 Å². The molecule has 156 valence electrons. The quantitative estimate of drug-likeness (QED) is 0.631. The summed E-state index contributed by atoms with van der Waals surface area (Å²) < 4.78 is 38.2. The van der Waals surface area contributed by atoms with Crippen LogP contribution in [-0.2, 0) is 21.4 Å². The summed E-state index contributed by atoms with van der Waals surface area (Å²) in [5, 5.41) is 0.543. The first-order chi connectivity index (χ1) is 13.9. The van der Waals surface area contributed by atoms with E-state index >= 15 is 0 Å². The number of carbonyl (C=O) groups is 1. The SMILES string of the molecule is COc1ccc(S(=O)(=O)N2CCCCCC2)cc1C(=O)OCc1cccc(Cl)c1. The Kier molecular flexibility index (Phi) is 7.16. The standard InChI is InChI=1S/C21H24ClNO5S/c1-27-20-10-9-18(29(25,26)23-11-4-2-3-5-12-23)14-19(20)21(24)28-15-16-7-6-8-17(22)13-16/h6-10,13-14H,2-5,11-12,15H2,1H3. The van der Waals surface area contributed by atoms with Gasteiger partial charge in [-0.25, -0.2) is 13.2 Å². The first-order valence-electron chi connectivity index (χ1n) is 9.51. The first-order valence-corrected chi connectivity index (χ1v) is 11.3. The molecule has 1 heterocycles. The monoisotopic (exact) mass is 437 g/mol. The Labute approximate surface area is 176 Å². The van der Waals surface area contributed by atoms with Gasteiger partial charge < -0.3 is 9.47 Å². The molecular formula is C21H24ClNO5S. The van der Waals surface area contributed by atoms with Crippen molar-refractivity contribution in [2.45, 2.75) is 37.2 Å². The Morgan fingerprint density at radius 2 is 1.79 bits per heavy atom. The maximum atomic E-state index is 13.0. The summed E-state index contributed by atoms with van der Waals surface area (Å²) in [6.45, 7) is 0.997. The number of ether oxygens (including phenoxy) is 2. The summed E-state index contributed by atoms with van der Waals surface area (Å²) in [6, 6.07) is 11.3. The first kappa shape index (κ1) is 21.6. The highest BCUT2D eigenvalue weighted by atomic mass is 35.5. The van der Waals surface area contributed by atoms with Gasteiger partial charge in [0.2, 0.25) is 10.0 Å². The number of esters is 1. The minimum Gasteiger partial charge on any atom is -0.496 e. The molecule has 0 unspecified atom stereocenters. The lowest BCUT2D eigenvalue weighted by molar-refractivity contribution is 0.0468. The van der Waals surface area contributed by atoms with Gasteiger partial charge >= 0.3 is 5.97 Å². The van der Waals surface area contributed by atoms with E-state index in [0.717, 1.165) is 31.2 Å². The molecule has 0 aromatic heterocycles. The van der Waals surface area contributed by atoms with Crippen LogP contribution in [0.15, 0.2) is 47.4 Å². The van der Waals surface area contributed by atoms with Crippen molar-refractivity contribution in [1.82, 2.24) is 4.31 Å². The molecule has 1 aliphatic heterocycles. The van der Waals surface area contributed by atoms with Crippen LogP contribution in [0.2, 0.25) is 5.02 Å². The number of halogens is 1. The molecule has 8 heteroatoms. The fraction of sp³-hybridized carbons (Fsp3) is 0.381. The fourth-order valence-corrected chi connectivity index (χ4v) is 5.05. The van der Waals surface area contributed by atoms with Crippen LogP contribution in [0.1, 0.15) is 41.6 Å². The zero-order valence-electron chi connectivity index (χ0n) is 16.3. The molecule has 0 spiro atoms. The molecule has 2 aromatic carbocycles. The predicted octanol–water partition coefficient (Wildman–Crippen LogP) is 4.27. The van der Waals surface area contributed by atoms with E-state index in [1.165, 1.54) is 29.6 Å². The van der Waals surface area contributed by atoms with Crippen molar-refractivity contribution < 1.29 is 22.7 Å². The maximum absolute atomic E-state index is 13.0. The zero-order chi connectivity index (χ0) is 20.9. The van der Waals surface area contributed by atoms with Crippen molar-refractivity contribution in [1.29, 1.82) is 0 Å². The van der Waals surface area contributed by atoms with Crippen molar-refractivity contribution in [3.05, 3.63) is 58.6 Å². The molecule has 0 saturated carbocycles. The second kappa shape index (κ2) is 9.61. The van der Waals surface area contributed by atoms with Crippen LogP contribution in [0, 0.1) is 0 Å². The average Bonchev–Trinajstić information content (AvgIpc) is 3.01. The lowest BCUT2D eigenvalue weighted by Crippen LogP contribution is -2.32. The Morgan fingerprint density at radius 1 is 1.07 bits per heavy atom. The van der Waals surface area contributed by atoms with E-state index in [-0.39, 0.29) is 22.8 Å². The predicted molar refractivity (Wildman–Crippen MR) is 111 cm³/mol.